The summed E-state index contributed by atoms with van der Waals surface area (Å²) in [4.78, 5) is 25.8. The number of carbonyl (C=O) groups excluding carboxylic acids is 2. The first-order valence-corrected chi connectivity index (χ1v) is 7.40. The van der Waals surface area contributed by atoms with E-state index in [0.717, 1.165) is 11.1 Å². The third kappa shape index (κ3) is 4.88. The minimum Gasteiger partial charge on any atom is -0.466 e. The summed E-state index contributed by atoms with van der Waals surface area (Å²) >= 11 is 0. The molecular formula is C17H25NO3. The maximum absolute atomic E-state index is 12.6. The molecule has 0 aliphatic heterocycles. The number of rotatable bonds is 6. The number of esters is 1. The highest BCUT2D eigenvalue weighted by atomic mass is 16.5. The molecule has 0 bridgehead atoms. The van der Waals surface area contributed by atoms with E-state index in [2.05, 4.69) is 0 Å². The van der Waals surface area contributed by atoms with Crippen molar-refractivity contribution >= 4 is 11.9 Å². The minimum absolute atomic E-state index is 0.0357. The van der Waals surface area contributed by atoms with E-state index in [4.69, 9.17) is 4.74 Å². The molecule has 0 heterocycles. The Hall–Kier alpha value is -1.84. The fourth-order valence-electron chi connectivity index (χ4n) is 2.08. The van der Waals surface area contributed by atoms with Gasteiger partial charge in [0.1, 0.15) is 0 Å². The van der Waals surface area contributed by atoms with Crippen molar-refractivity contribution < 1.29 is 14.3 Å². The van der Waals surface area contributed by atoms with Gasteiger partial charge in [-0.25, -0.2) is 0 Å². The maximum Gasteiger partial charge on any atom is 0.307 e. The second-order valence-electron chi connectivity index (χ2n) is 5.45. The number of amides is 1. The Bertz CT molecular complexity index is 509. The van der Waals surface area contributed by atoms with Crippen molar-refractivity contribution in [3.63, 3.8) is 0 Å². The molecule has 0 atom stereocenters. The van der Waals surface area contributed by atoms with Crippen molar-refractivity contribution in [1.29, 1.82) is 0 Å². The van der Waals surface area contributed by atoms with Crippen LogP contribution in [0.25, 0.3) is 0 Å². The topological polar surface area (TPSA) is 46.6 Å². The minimum atomic E-state index is -0.268. The van der Waals surface area contributed by atoms with Crippen molar-refractivity contribution in [2.75, 3.05) is 13.2 Å². The molecule has 1 aromatic carbocycles. The smallest absolute Gasteiger partial charge is 0.307 e. The first-order valence-electron chi connectivity index (χ1n) is 7.40. The van der Waals surface area contributed by atoms with Crippen molar-refractivity contribution in [1.82, 2.24) is 4.90 Å². The van der Waals surface area contributed by atoms with Crippen molar-refractivity contribution in [2.24, 2.45) is 0 Å². The molecule has 4 nitrogen and oxygen atoms in total. The highest BCUT2D eigenvalue weighted by Crippen LogP contribution is 2.14. The lowest BCUT2D eigenvalue weighted by Crippen LogP contribution is -2.38. The number of hydrogen-bond acceptors (Lipinski definition) is 3. The van der Waals surface area contributed by atoms with Crippen molar-refractivity contribution in [2.45, 2.75) is 47.1 Å². The summed E-state index contributed by atoms with van der Waals surface area (Å²) in [7, 11) is 0. The van der Waals surface area contributed by atoms with Crippen LogP contribution in [0.15, 0.2) is 18.2 Å². The van der Waals surface area contributed by atoms with E-state index in [1.165, 1.54) is 0 Å². The van der Waals surface area contributed by atoms with Gasteiger partial charge in [0.2, 0.25) is 0 Å². The van der Waals surface area contributed by atoms with Gasteiger partial charge in [-0.05, 0) is 57.9 Å². The molecule has 1 amide bonds. The van der Waals surface area contributed by atoms with Gasteiger partial charge < -0.3 is 9.64 Å². The highest BCUT2D eigenvalue weighted by molar-refractivity contribution is 5.94. The van der Waals surface area contributed by atoms with Gasteiger partial charge >= 0.3 is 5.97 Å². The van der Waals surface area contributed by atoms with E-state index < -0.39 is 0 Å². The van der Waals surface area contributed by atoms with Crippen LogP contribution in [-0.4, -0.2) is 36.0 Å². The highest BCUT2D eigenvalue weighted by Gasteiger charge is 2.20. The Morgan fingerprint density at radius 2 is 1.86 bits per heavy atom. The van der Waals surface area contributed by atoms with Gasteiger partial charge in [-0.2, -0.15) is 0 Å². The predicted octanol–water partition coefficient (Wildman–Crippen LogP) is 3.11. The van der Waals surface area contributed by atoms with Crippen LogP contribution in [0.5, 0.6) is 0 Å². The molecule has 0 aromatic heterocycles. The first kappa shape index (κ1) is 17.2. The number of benzene rings is 1. The molecule has 116 valence electrons. The van der Waals surface area contributed by atoms with E-state index in [1.807, 2.05) is 45.9 Å². The molecule has 0 N–H and O–H groups in total. The van der Waals surface area contributed by atoms with E-state index >= 15 is 0 Å². The van der Waals surface area contributed by atoms with Crippen LogP contribution in [0.2, 0.25) is 0 Å². The van der Waals surface area contributed by atoms with E-state index in [-0.39, 0.29) is 24.3 Å². The van der Waals surface area contributed by atoms with E-state index in [0.29, 0.717) is 18.7 Å². The summed E-state index contributed by atoms with van der Waals surface area (Å²) in [6.45, 7) is 10.4. The molecular weight excluding hydrogens is 266 g/mol. The summed E-state index contributed by atoms with van der Waals surface area (Å²) in [5, 5.41) is 0. The summed E-state index contributed by atoms with van der Waals surface area (Å²) in [6, 6.07) is 5.72. The van der Waals surface area contributed by atoms with Gasteiger partial charge in [-0.15, -0.1) is 0 Å². The number of aryl methyl sites for hydroxylation is 2. The number of hydrogen-bond donors (Lipinski definition) is 0. The quantitative estimate of drug-likeness (QED) is 0.757. The predicted molar refractivity (Wildman–Crippen MR) is 83.3 cm³/mol. The summed E-state index contributed by atoms with van der Waals surface area (Å²) in [5.74, 6) is -0.312. The number of nitrogens with zero attached hydrogens (tertiary/aromatic N) is 1. The van der Waals surface area contributed by atoms with Gasteiger partial charge in [0.15, 0.2) is 0 Å². The molecule has 0 radical (unpaired) electrons. The van der Waals surface area contributed by atoms with Gasteiger partial charge in [0.25, 0.3) is 5.91 Å². The average Bonchev–Trinajstić information content (AvgIpc) is 2.41. The van der Waals surface area contributed by atoms with Gasteiger partial charge in [-0.3, -0.25) is 9.59 Å². The molecule has 1 rings (SSSR count). The summed E-state index contributed by atoms with van der Waals surface area (Å²) in [5.41, 5.74) is 2.92. The van der Waals surface area contributed by atoms with Crippen LogP contribution in [0.1, 0.15) is 48.7 Å². The van der Waals surface area contributed by atoms with Crippen molar-refractivity contribution in [3.05, 3.63) is 34.9 Å². The Morgan fingerprint density at radius 1 is 1.19 bits per heavy atom. The average molecular weight is 291 g/mol. The van der Waals surface area contributed by atoms with Crippen LogP contribution in [0.3, 0.4) is 0 Å². The Morgan fingerprint density at radius 3 is 2.38 bits per heavy atom. The zero-order valence-corrected chi connectivity index (χ0v) is 13.6. The molecule has 0 spiro atoms. The molecule has 21 heavy (non-hydrogen) atoms. The van der Waals surface area contributed by atoms with E-state index in [9.17, 15) is 9.59 Å². The first-order chi connectivity index (χ1) is 9.86. The van der Waals surface area contributed by atoms with Gasteiger partial charge in [0.05, 0.1) is 13.0 Å². The fraction of sp³-hybridized carbons (Fsp3) is 0.529. The molecule has 0 aliphatic carbocycles. The van der Waals surface area contributed by atoms with Gasteiger partial charge in [-0.1, -0.05) is 6.07 Å². The zero-order chi connectivity index (χ0) is 16.0. The second-order valence-corrected chi connectivity index (χ2v) is 5.45. The molecule has 0 saturated heterocycles. The number of carbonyl (C=O) groups is 2. The Kier molecular flexibility index (Phi) is 6.40. The molecule has 0 aliphatic rings. The zero-order valence-electron chi connectivity index (χ0n) is 13.6. The third-order valence-electron chi connectivity index (χ3n) is 3.50. The van der Waals surface area contributed by atoms with Crippen LogP contribution < -0.4 is 0 Å². The van der Waals surface area contributed by atoms with E-state index in [1.54, 1.807) is 11.8 Å². The normalized spacial score (nSPS) is 10.6. The number of ether oxygens (including phenoxy) is 1. The summed E-state index contributed by atoms with van der Waals surface area (Å²) < 4.78 is 4.92. The van der Waals surface area contributed by atoms with Crippen molar-refractivity contribution in [3.8, 4) is 0 Å². The maximum atomic E-state index is 12.6. The monoisotopic (exact) mass is 291 g/mol. The Labute approximate surface area is 127 Å². The lowest BCUT2D eigenvalue weighted by atomic mass is 10.0. The van der Waals surface area contributed by atoms with Gasteiger partial charge in [0, 0.05) is 18.2 Å². The standard InChI is InChI=1S/C17H25NO3/c1-6-21-16(19)9-10-18(12(2)3)17(20)15-8-7-13(4)14(5)11-15/h7-8,11-12H,6,9-10H2,1-5H3. The third-order valence-corrected chi connectivity index (χ3v) is 3.50. The molecule has 0 saturated carbocycles. The molecule has 4 heteroatoms. The second kappa shape index (κ2) is 7.81. The molecule has 1 aromatic rings. The SMILES string of the molecule is CCOC(=O)CCN(C(=O)c1ccc(C)c(C)c1)C(C)C. The molecule has 0 fully saturated rings. The Balaban J connectivity index is 2.82. The summed E-state index contributed by atoms with van der Waals surface area (Å²) in [6.07, 6.45) is 0.225. The lowest BCUT2D eigenvalue weighted by Gasteiger charge is -2.26. The van der Waals surface area contributed by atoms with Crippen LogP contribution in [-0.2, 0) is 9.53 Å². The fourth-order valence-corrected chi connectivity index (χ4v) is 2.08. The largest absolute Gasteiger partial charge is 0.466 e. The lowest BCUT2D eigenvalue weighted by molar-refractivity contribution is -0.143. The molecule has 0 unspecified atom stereocenters. The van der Waals surface area contributed by atoms with Crippen LogP contribution in [0.4, 0.5) is 0 Å². The van der Waals surface area contributed by atoms with Crippen LogP contribution in [0, 0.1) is 13.8 Å². The van der Waals surface area contributed by atoms with Crippen LogP contribution >= 0.6 is 0 Å².